The first-order valence-electron chi connectivity index (χ1n) is 7.09. The molecule has 1 aliphatic heterocycles. The Morgan fingerprint density at radius 2 is 1.80 bits per heavy atom. The topological polar surface area (TPSA) is 24.9 Å². The molecule has 3 aromatic rings. The van der Waals surface area contributed by atoms with Crippen LogP contribution in [0.5, 0.6) is 0 Å². The van der Waals surface area contributed by atoms with Gasteiger partial charge in [-0.2, -0.15) is 0 Å². The molecule has 0 radical (unpaired) electrons. The fraction of sp³-hybridized carbons (Fsp3) is 0.167. The number of benzene rings is 2. The normalized spacial score (nSPS) is 17.5. The van der Waals surface area contributed by atoms with Gasteiger partial charge in [0.15, 0.2) is 0 Å². The first kappa shape index (κ1) is 11.5. The lowest BCUT2D eigenvalue weighted by molar-refractivity contribution is 0.670. The molecule has 4 rings (SSSR count). The van der Waals surface area contributed by atoms with Crippen LogP contribution < -0.4 is 5.32 Å². The summed E-state index contributed by atoms with van der Waals surface area (Å²) in [5.41, 5.74) is 3.98. The van der Waals surface area contributed by atoms with Crippen LogP contribution in [0.2, 0.25) is 0 Å². The largest absolute Gasteiger partial charge is 0.378 e. The van der Waals surface area contributed by atoms with E-state index in [4.69, 9.17) is 0 Å². The summed E-state index contributed by atoms with van der Waals surface area (Å²) in [5, 5.41) is 6.18. The molecule has 1 atom stereocenters. The molecular weight excluding hydrogens is 244 g/mol. The van der Waals surface area contributed by atoms with E-state index in [0.29, 0.717) is 6.04 Å². The predicted octanol–water partition coefficient (Wildman–Crippen LogP) is 4.33. The Bertz CT molecular complexity index is 759. The molecule has 2 heteroatoms. The van der Waals surface area contributed by atoms with E-state index in [1.54, 1.807) is 0 Å². The van der Waals surface area contributed by atoms with Gasteiger partial charge >= 0.3 is 0 Å². The highest BCUT2D eigenvalue weighted by molar-refractivity contribution is 5.85. The summed E-state index contributed by atoms with van der Waals surface area (Å²) < 4.78 is 0. The Morgan fingerprint density at radius 1 is 0.950 bits per heavy atom. The summed E-state index contributed by atoms with van der Waals surface area (Å²) in [4.78, 5) is 4.40. The molecule has 2 heterocycles. The third-order valence-electron chi connectivity index (χ3n) is 4.12. The van der Waals surface area contributed by atoms with E-state index in [1.807, 2.05) is 12.4 Å². The van der Waals surface area contributed by atoms with Gasteiger partial charge in [0, 0.05) is 29.0 Å². The third-order valence-corrected chi connectivity index (χ3v) is 4.12. The Balaban J connectivity index is 1.78. The van der Waals surface area contributed by atoms with E-state index in [9.17, 15) is 0 Å². The quantitative estimate of drug-likeness (QED) is 0.704. The highest BCUT2D eigenvalue weighted by Crippen LogP contribution is 2.34. The minimum Gasteiger partial charge on any atom is -0.378 e. The van der Waals surface area contributed by atoms with Crippen LogP contribution in [0.15, 0.2) is 60.9 Å². The van der Waals surface area contributed by atoms with Gasteiger partial charge in [0.2, 0.25) is 0 Å². The summed E-state index contributed by atoms with van der Waals surface area (Å²) in [6.07, 6.45) is 6.19. The molecule has 0 fully saturated rings. The van der Waals surface area contributed by atoms with Crippen LogP contribution in [0.3, 0.4) is 0 Å². The van der Waals surface area contributed by atoms with Crippen LogP contribution in [0, 0.1) is 0 Å². The van der Waals surface area contributed by atoms with Gasteiger partial charge in [-0.3, -0.25) is 4.98 Å². The summed E-state index contributed by atoms with van der Waals surface area (Å²) in [7, 11) is 0. The van der Waals surface area contributed by atoms with E-state index in [-0.39, 0.29) is 0 Å². The van der Waals surface area contributed by atoms with Gasteiger partial charge in [-0.25, -0.2) is 0 Å². The number of nitrogens with zero attached hydrogens (tertiary/aromatic N) is 1. The lowest BCUT2D eigenvalue weighted by Gasteiger charge is -2.28. The van der Waals surface area contributed by atoms with Crippen LogP contribution in [-0.4, -0.2) is 4.98 Å². The molecule has 0 aliphatic carbocycles. The Morgan fingerprint density at radius 3 is 2.80 bits per heavy atom. The van der Waals surface area contributed by atoms with E-state index in [2.05, 4.69) is 58.8 Å². The van der Waals surface area contributed by atoms with Gasteiger partial charge in [-0.1, -0.05) is 42.5 Å². The zero-order valence-electron chi connectivity index (χ0n) is 11.2. The standard InChI is InChI=1S/C18H16N2/c1-3-7-15-14(6-1)11-19-12-16(15)18-10-9-13-5-2-4-8-17(13)20-18/h1-8,11-12,18,20H,9-10H2. The molecular formula is C18H16N2. The van der Waals surface area contributed by atoms with Crippen LogP contribution in [0.1, 0.15) is 23.6 Å². The molecule has 2 aromatic carbocycles. The predicted molar refractivity (Wildman–Crippen MR) is 82.9 cm³/mol. The van der Waals surface area contributed by atoms with Crippen molar-refractivity contribution in [3.8, 4) is 0 Å². The molecule has 0 bridgehead atoms. The number of para-hydroxylation sites is 1. The molecule has 1 aromatic heterocycles. The maximum atomic E-state index is 4.40. The highest BCUT2D eigenvalue weighted by atomic mass is 14.9. The number of pyridine rings is 1. The fourth-order valence-electron chi connectivity index (χ4n) is 3.09. The molecule has 1 unspecified atom stereocenters. The molecule has 0 saturated heterocycles. The number of hydrogen-bond acceptors (Lipinski definition) is 2. The smallest absolute Gasteiger partial charge is 0.0538 e. The van der Waals surface area contributed by atoms with Crippen LogP contribution in [0.4, 0.5) is 5.69 Å². The zero-order chi connectivity index (χ0) is 13.4. The van der Waals surface area contributed by atoms with Gasteiger partial charge in [0.05, 0.1) is 6.04 Å². The maximum absolute atomic E-state index is 4.40. The summed E-state index contributed by atoms with van der Waals surface area (Å²) in [6.45, 7) is 0. The first-order valence-corrected chi connectivity index (χ1v) is 7.09. The van der Waals surface area contributed by atoms with Crippen molar-refractivity contribution >= 4 is 16.5 Å². The minimum absolute atomic E-state index is 0.350. The Kier molecular flexibility index (Phi) is 2.66. The van der Waals surface area contributed by atoms with Gasteiger partial charge in [-0.15, -0.1) is 0 Å². The van der Waals surface area contributed by atoms with Crippen LogP contribution >= 0.6 is 0 Å². The second-order valence-electron chi connectivity index (χ2n) is 5.34. The van der Waals surface area contributed by atoms with Gasteiger partial charge < -0.3 is 5.32 Å². The molecule has 0 spiro atoms. The molecule has 0 amide bonds. The second kappa shape index (κ2) is 4.64. The summed E-state index contributed by atoms with van der Waals surface area (Å²) in [5.74, 6) is 0. The van der Waals surface area contributed by atoms with Crippen molar-refractivity contribution in [3.63, 3.8) is 0 Å². The third kappa shape index (κ3) is 1.85. The van der Waals surface area contributed by atoms with Crippen LogP contribution in [-0.2, 0) is 6.42 Å². The molecule has 20 heavy (non-hydrogen) atoms. The highest BCUT2D eigenvalue weighted by Gasteiger charge is 2.20. The minimum atomic E-state index is 0.350. The Hall–Kier alpha value is -2.35. The van der Waals surface area contributed by atoms with Gasteiger partial charge in [0.1, 0.15) is 0 Å². The van der Waals surface area contributed by atoms with E-state index in [0.717, 1.165) is 12.8 Å². The number of anilines is 1. The lowest BCUT2D eigenvalue weighted by atomic mass is 9.92. The van der Waals surface area contributed by atoms with Crippen molar-refractivity contribution in [1.82, 2.24) is 4.98 Å². The van der Waals surface area contributed by atoms with Crippen molar-refractivity contribution in [2.45, 2.75) is 18.9 Å². The number of rotatable bonds is 1. The number of aryl methyl sites for hydroxylation is 1. The van der Waals surface area contributed by atoms with Gasteiger partial charge in [-0.05, 0) is 29.9 Å². The van der Waals surface area contributed by atoms with E-state index >= 15 is 0 Å². The lowest BCUT2D eigenvalue weighted by Crippen LogP contribution is -2.18. The fourth-order valence-corrected chi connectivity index (χ4v) is 3.09. The number of aromatic nitrogens is 1. The van der Waals surface area contributed by atoms with Crippen molar-refractivity contribution in [2.75, 3.05) is 5.32 Å². The number of nitrogens with one attached hydrogen (secondary N) is 1. The number of fused-ring (bicyclic) bond motifs is 2. The van der Waals surface area contributed by atoms with Crippen molar-refractivity contribution < 1.29 is 0 Å². The average molecular weight is 260 g/mol. The van der Waals surface area contributed by atoms with Crippen molar-refractivity contribution in [1.29, 1.82) is 0 Å². The zero-order valence-corrected chi connectivity index (χ0v) is 11.2. The first-order chi connectivity index (χ1) is 9.92. The van der Waals surface area contributed by atoms with E-state index in [1.165, 1.54) is 27.6 Å². The molecule has 1 aliphatic rings. The summed E-state index contributed by atoms with van der Waals surface area (Å²) >= 11 is 0. The van der Waals surface area contributed by atoms with Crippen LogP contribution in [0.25, 0.3) is 10.8 Å². The van der Waals surface area contributed by atoms with Crippen molar-refractivity contribution in [3.05, 3.63) is 72.1 Å². The molecule has 1 N–H and O–H groups in total. The summed E-state index contributed by atoms with van der Waals surface area (Å²) in [6, 6.07) is 17.4. The molecule has 0 saturated carbocycles. The average Bonchev–Trinajstić information content (AvgIpc) is 2.54. The SMILES string of the molecule is c1ccc2c(c1)CCC(c1cncc3ccccc13)N2. The van der Waals surface area contributed by atoms with E-state index < -0.39 is 0 Å². The molecule has 98 valence electrons. The Labute approximate surface area is 118 Å². The maximum Gasteiger partial charge on any atom is 0.0538 e. The van der Waals surface area contributed by atoms with Gasteiger partial charge in [0.25, 0.3) is 0 Å². The molecule has 2 nitrogen and oxygen atoms in total. The number of hydrogen-bond donors (Lipinski definition) is 1. The van der Waals surface area contributed by atoms with Crippen molar-refractivity contribution in [2.24, 2.45) is 0 Å². The monoisotopic (exact) mass is 260 g/mol. The second-order valence-corrected chi connectivity index (χ2v) is 5.34.